The lowest BCUT2D eigenvalue weighted by Gasteiger charge is -2.34. The molecule has 10 heteroatoms. The van der Waals surface area contributed by atoms with Crippen LogP contribution in [0, 0.1) is 11.3 Å². The molecule has 0 amide bonds. The number of hydrogen-bond donors (Lipinski definition) is 2. The first-order valence-corrected chi connectivity index (χ1v) is 9.64. The van der Waals surface area contributed by atoms with Gasteiger partial charge in [0.25, 0.3) is 6.43 Å². The van der Waals surface area contributed by atoms with Crippen molar-refractivity contribution >= 4 is 17.2 Å². The van der Waals surface area contributed by atoms with E-state index in [0.717, 1.165) is 30.8 Å². The van der Waals surface area contributed by atoms with E-state index in [0.29, 0.717) is 29.4 Å². The number of aromatic nitrogens is 5. The first-order chi connectivity index (χ1) is 14.5. The maximum absolute atomic E-state index is 13.1. The van der Waals surface area contributed by atoms with Crippen LogP contribution in [-0.4, -0.2) is 43.1 Å². The Morgan fingerprint density at radius 3 is 2.87 bits per heavy atom. The molecule has 8 nitrogen and oxygen atoms in total. The third-order valence-electron chi connectivity index (χ3n) is 5.31. The van der Waals surface area contributed by atoms with Crippen molar-refractivity contribution in [3.63, 3.8) is 0 Å². The molecule has 3 aromatic rings. The number of imidazole rings is 1. The van der Waals surface area contributed by atoms with E-state index in [1.54, 1.807) is 19.3 Å². The monoisotopic (exact) mass is 412 g/mol. The summed E-state index contributed by atoms with van der Waals surface area (Å²) in [6.07, 6.45) is 6.54. The van der Waals surface area contributed by atoms with Crippen LogP contribution in [0.25, 0.3) is 17.2 Å². The van der Waals surface area contributed by atoms with Gasteiger partial charge in [-0.2, -0.15) is 0 Å². The highest BCUT2D eigenvalue weighted by Gasteiger charge is 2.25. The molecule has 0 bridgehead atoms. The fraction of sp³-hybridized carbons (Fsp3) is 0.350. The summed E-state index contributed by atoms with van der Waals surface area (Å²) in [5, 5.41) is 7.95. The van der Waals surface area contributed by atoms with Gasteiger partial charge in [0.2, 0.25) is 0 Å². The van der Waals surface area contributed by atoms with Gasteiger partial charge in [-0.25, -0.2) is 28.7 Å². The number of alkyl halides is 2. The van der Waals surface area contributed by atoms with Crippen molar-refractivity contribution in [3.8, 4) is 11.5 Å². The van der Waals surface area contributed by atoms with Crippen molar-refractivity contribution in [2.75, 3.05) is 18.0 Å². The minimum absolute atomic E-state index is 0.162. The molecule has 1 aliphatic heterocycles. The molecule has 3 aromatic heterocycles. The average Bonchev–Trinajstić information content (AvgIpc) is 3.17. The molecule has 4 heterocycles. The summed E-state index contributed by atoms with van der Waals surface area (Å²) >= 11 is 0. The topological polar surface area (TPSA) is 109 Å². The summed E-state index contributed by atoms with van der Waals surface area (Å²) in [7, 11) is 0. The van der Waals surface area contributed by atoms with Gasteiger partial charge < -0.3 is 16.0 Å². The molecule has 1 saturated heterocycles. The number of fused-ring (bicyclic) bond motifs is 1. The second kappa shape index (κ2) is 8.13. The molecule has 1 fully saturated rings. The summed E-state index contributed by atoms with van der Waals surface area (Å²) < 4.78 is 27.7. The predicted molar refractivity (Wildman–Crippen MR) is 110 cm³/mol. The number of rotatable bonds is 5. The molecule has 0 aliphatic carbocycles. The van der Waals surface area contributed by atoms with Gasteiger partial charge in [-0.3, -0.25) is 4.40 Å². The number of nitrogens with zero attached hydrogens (tertiary/aromatic N) is 6. The van der Waals surface area contributed by atoms with E-state index in [4.69, 9.17) is 11.1 Å². The van der Waals surface area contributed by atoms with E-state index < -0.39 is 6.43 Å². The van der Waals surface area contributed by atoms with Crippen molar-refractivity contribution < 1.29 is 8.78 Å². The van der Waals surface area contributed by atoms with Crippen LogP contribution >= 0.6 is 0 Å². The van der Waals surface area contributed by atoms with E-state index in [1.165, 1.54) is 23.0 Å². The standard InChI is InChI=1S/C20H22F2N8/c1-12(24)14(7-23)13-3-2-6-29(10-13)17-4-5-25-20(28-17)16-8-27-18-9-26-15(19(21)22)11-30(16)18/h4-5,7-9,11,13,19,24H,2-3,6,10,23H2,1H3/b14-7+,24-12?. The molecule has 1 aliphatic rings. The number of anilines is 1. The predicted octanol–water partition coefficient (Wildman–Crippen LogP) is 3.22. The van der Waals surface area contributed by atoms with Crippen molar-refractivity contribution in [2.45, 2.75) is 26.2 Å². The van der Waals surface area contributed by atoms with Crippen molar-refractivity contribution in [2.24, 2.45) is 11.7 Å². The maximum atomic E-state index is 13.1. The molecular weight excluding hydrogens is 390 g/mol. The Morgan fingerprint density at radius 1 is 1.30 bits per heavy atom. The molecule has 0 aromatic carbocycles. The Kier molecular flexibility index (Phi) is 5.39. The molecular formula is C20H22F2N8. The zero-order valence-electron chi connectivity index (χ0n) is 16.5. The van der Waals surface area contributed by atoms with Crippen molar-refractivity contribution in [1.29, 1.82) is 5.41 Å². The van der Waals surface area contributed by atoms with Gasteiger partial charge in [-0.15, -0.1) is 0 Å². The van der Waals surface area contributed by atoms with E-state index in [-0.39, 0.29) is 11.6 Å². The smallest absolute Gasteiger partial charge is 0.281 e. The second-order valence-electron chi connectivity index (χ2n) is 7.26. The van der Waals surface area contributed by atoms with Crippen LogP contribution in [0.15, 0.2) is 42.6 Å². The van der Waals surface area contributed by atoms with E-state index in [9.17, 15) is 8.78 Å². The minimum atomic E-state index is -2.68. The Bertz CT molecular complexity index is 1110. The first-order valence-electron chi connectivity index (χ1n) is 9.64. The van der Waals surface area contributed by atoms with Gasteiger partial charge in [0.05, 0.1) is 12.4 Å². The summed E-state index contributed by atoms with van der Waals surface area (Å²) in [5.41, 5.74) is 7.70. The van der Waals surface area contributed by atoms with Crippen LogP contribution in [0.4, 0.5) is 14.6 Å². The van der Waals surface area contributed by atoms with Crippen LogP contribution < -0.4 is 10.6 Å². The molecule has 0 radical (unpaired) electrons. The zero-order valence-corrected chi connectivity index (χ0v) is 16.5. The molecule has 156 valence electrons. The zero-order chi connectivity index (χ0) is 21.3. The van der Waals surface area contributed by atoms with E-state index in [2.05, 4.69) is 24.8 Å². The highest BCUT2D eigenvalue weighted by atomic mass is 19.3. The maximum Gasteiger partial charge on any atom is 0.281 e. The molecule has 30 heavy (non-hydrogen) atoms. The van der Waals surface area contributed by atoms with Crippen molar-refractivity contribution in [1.82, 2.24) is 24.3 Å². The van der Waals surface area contributed by atoms with Crippen LogP contribution in [0.5, 0.6) is 0 Å². The first kappa shape index (κ1) is 19.9. The SMILES string of the molecule is CC(=N)/C(=C\N)C1CCCN(c2ccnc(-c3cnc4cnc(C(F)F)cn34)n2)C1. The summed E-state index contributed by atoms with van der Waals surface area (Å²) in [5.74, 6) is 1.29. The molecule has 4 rings (SSSR count). The van der Waals surface area contributed by atoms with Crippen LogP contribution in [0.1, 0.15) is 31.9 Å². The number of hydrogen-bond acceptors (Lipinski definition) is 7. The van der Waals surface area contributed by atoms with Crippen LogP contribution in [0.3, 0.4) is 0 Å². The Morgan fingerprint density at radius 2 is 2.13 bits per heavy atom. The van der Waals surface area contributed by atoms with Gasteiger partial charge in [0, 0.05) is 37.1 Å². The fourth-order valence-corrected chi connectivity index (χ4v) is 3.84. The van der Waals surface area contributed by atoms with Gasteiger partial charge in [-0.05, 0) is 37.6 Å². The summed E-state index contributed by atoms with van der Waals surface area (Å²) in [6.45, 7) is 3.27. The van der Waals surface area contributed by atoms with Gasteiger partial charge >= 0.3 is 0 Å². The van der Waals surface area contributed by atoms with E-state index in [1.807, 2.05) is 6.07 Å². The number of nitrogens with one attached hydrogen (secondary N) is 1. The number of halogens is 2. The Balaban J connectivity index is 1.66. The molecule has 0 saturated carbocycles. The summed E-state index contributed by atoms with van der Waals surface area (Å²) in [6, 6.07) is 1.82. The van der Waals surface area contributed by atoms with Gasteiger partial charge in [0.1, 0.15) is 17.2 Å². The van der Waals surface area contributed by atoms with Gasteiger partial charge in [-0.1, -0.05) is 0 Å². The largest absolute Gasteiger partial charge is 0.404 e. The summed E-state index contributed by atoms with van der Waals surface area (Å²) in [4.78, 5) is 19.1. The third kappa shape index (κ3) is 3.72. The quantitative estimate of drug-likeness (QED) is 0.623. The highest BCUT2D eigenvalue weighted by Crippen LogP contribution is 2.28. The second-order valence-corrected chi connectivity index (χ2v) is 7.26. The lowest BCUT2D eigenvalue weighted by Crippen LogP contribution is -2.37. The van der Waals surface area contributed by atoms with Gasteiger partial charge in [0.15, 0.2) is 11.5 Å². The minimum Gasteiger partial charge on any atom is -0.404 e. The normalized spacial score (nSPS) is 17.7. The molecule has 3 N–H and O–H groups in total. The van der Waals surface area contributed by atoms with Crippen molar-refractivity contribution in [3.05, 3.63) is 48.3 Å². The average molecular weight is 412 g/mol. The lowest BCUT2D eigenvalue weighted by molar-refractivity contribution is 0.145. The molecule has 1 unspecified atom stereocenters. The fourth-order valence-electron chi connectivity index (χ4n) is 3.84. The molecule has 1 atom stereocenters. The number of nitrogens with two attached hydrogens (primary N) is 1. The third-order valence-corrected chi connectivity index (χ3v) is 5.31. The van der Waals surface area contributed by atoms with Crippen LogP contribution in [-0.2, 0) is 0 Å². The Labute approximate surface area is 172 Å². The Hall–Kier alpha value is -3.43. The molecule has 0 spiro atoms. The lowest BCUT2D eigenvalue weighted by atomic mass is 9.88. The highest BCUT2D eigenvalue weighted by molar-refractivity contribution is 5.96. The van der Waals surface area contributed by atoms with E-state index >= 15 is 0 Å². The van der Waals surface area contributed by atoms with Crippen LogP contribution in [0.2, 0.25) is 0 Å². The number of piperidine rings is 1.